The maximum Gasteiger partial charge on any atom is 0.341 e. The summed E-state index contributed by atoms with van der Waals surface area (Å²) in [6.45, 7) is 0. The average molecular weight is 198 g/mol. The summed E-state index contributed by atoms with van der Waals surface area (Å²) in [6.07, 6.45) is 0. The predicted molar refractivity (Wildman–Crippen MR) is 47.7 cm³/mol. The highest BCUT2D eigenvalue weighted by molar-refractivity contribution is 5.93. The molecule has 0 radical (unpaired) electrons. The van der Waals surface area contributed by atoms with Crippen molar-refractivity contribution >= 4 is 5.97 Å². The van der Waals surface area contributed by atoms with Crippen LogP contribution in [0.2, 0.25) is 0 Å². The summed E-state index contributed by atoms with van der Waals surface area (Å²) in [7, 11) is 2.52. The number of phenolic OH excluding ortho intramolecular Hbond substituents is 2. The molecule has 0 atom stereocenters. The van der Waals surface area contributed by atoms with Crippen molar-refractivity contribution in [1.29, 1.82) is 0 Å². The van der Waals surface area contributed by atoms with Gasteiger partial charge in [-0.15, -0.1) is 0 Å². The van der Waals surface area contributed by atoms with Crippen LogP contribution < -0.4 is 4.74 Å². The minimum absolute atomic E-state index is 0.0927. The molecule has 0 amide bonds. The number of carbonyl (C=O) groups is 1. The zero-order valence-corrected chi connectivity index (χ0v) is 7.77. The topological polar surface area (TPSA) is 76.0 Å². The first-order valence-corrected chi connectivity index (χ1v) is 3.78. The predicted octanol–water partition coefficient (Wildman–Crippen LogP) is 0.893. The summed E-state index contributed by atoms with van der Waals surface area (Å²) in [6, 6.07) is 2.22. The van der Waals surface area contributed by atoms with Crippen molar-refractivity contribution in [3.63, 3.8) is 0 Å². The molecule has 5 nitrogen and oxygen atoms in total. The van der Waals surface area contributed by atoms with Gasteiger partial charge in [0.25, 0.3) is 0 Å². The Morgan fingerprint density at radius 2 is 1.86 bits per heavy atom. The lowest BCUT2D eigenvalue weighted by atomic mass is 10.2. The lowest BCUT2D eigenvalue weighted by molar-refractivity contribution is 0.0597. The largest absolute Gasteiger partial charge is 0.507 e. The Morgan fingerprint density at radius 3 is 2.36 bits per heavy atom. The van der Waals surface area contributed by atoms with Crippen molar-refractivity contribution in [3.05, 3.63) is 17.7 Å². The van der Waals surface area contributed by atoms with Crippen molar-refractivity contribution in [1.82, 2.24) is 0 Å². The van der Waals surface area contributed by atoms with Crippen LogP contribution in [-0.4, -0.2) is 30.4 Å². The van der Waals surface area contributed by atoms with Gasteiger partial charge in [0, 0.05) is 12.1 Å². The van der Waals surface area contributed by atoms with Crippen molar-refractivity contribution in [2.24, 2.45) is 0 Å². The first-order valence-electron chi connectivity index (χ1n) is 3.78. The maximum absolute atomic E-state index is 11.1. The molecule has 0 bridgehead atoms. The van der Waals surface area contributed by atoms with Crippen LogP contribution in [0, 0.1) is 0 Å². The van der Waals surface area contributed by atoms with E-state index in [1.807, 2.05) is 0 Å². The average Bonchev–Trinajstić information content (AvgIpc) is 2.19. The maximum atomic E-state index is 11.1. The molecule has 2 N–H and O–H groups in total. The van der Waals surface area contributed by atoms with E-state index in [1.54, 1.807) is 0 Å². The van der Waals surface area contributed by atoms with E-state index in [9.17, 15) is 15.0 Å². The Kier molecular flexibility index (Phi) is 2.81. The molecule has 0 aliphatic carbocycles. The molecule has 0 fully saturated rings. The molecule has 76 valence electrons. The summed E-state index contributed by atoms with van der Waals surface area (Å²) >= 11 is 0. The summed E-state index contributed by atoms with van der Waals surface area (Å²) in [5.74, 6) is -1.16. The highest BCUT2D eigenvalue weighted by atomic mass is 16.5. The van der Waals surface area contributed by atoms with E-state index >= 15 is 0 Å². The monoisotopic (exact) mass is 198 g/mol. The van der Waals surface area contributed by atoms with E-state index in [-0.39, 0.29) is 22.8 Å². The van der Waals surface area contributed by atoms with Crippen LogP contribution in [0.5, 0.6) is 17.2 Å². The minimum atomic E-state index is -0.722. The first-order chi connectivity index (χ1) is 6.60. The number of phenols is 2. The van der Waals surface area contributed by atoms with Gasteiger partial charge in [0.2, 0.25) is 0 Å². The van der Waals surface area contributed by atoms with Gasteiger partial charge in [0.15, 0.2) is 11.5 Å². The molecule has 0 saturated carbocycles. The fourth-order valence-electron chi connectivity index (χ4n) is 0.995. The number of carbonyl (C=O) groups excluding carboxylic acids is 1. The third-order valence-corrected chi connectivity index (χ3v) is 1.70. The Hall–Kier alpha value is -1.91. The number of hydrogen-bond donors (Lipinski definition) is 2. The second-order valence-corrected chi connectivity index (χ2v) is 2.53. The van der Waals surface area contributed by atoms with Gasteiger partial charge in [0.1, 0.15) is 11.3 Å². The summed E-state index contributed by atoms with van der Waals surface area (Å²) in [5.41, 5.74) is -0.106. The van der Waals surface area contributed by atoms with Crippen LogP contribution in [0.4, 0.5) is 0 Å². The smallest absolute Gasteiger partial charge is 0.341 e. The van der Waals surface area contributed by atoms with Crippen LogP contribution in [0.25, 0.3) is 0 Å². The molecule has 5 heteroatoms. The molecule has 0 aliphatic rings. The number of hydrogen-bond acceptors (Lipinski definition) is 5. The number of methoxy groups -OCH3 is 2. The van der Waals surface area contributed by atoms with Gasteiger partial charge in [-0.1, -0.05) is 0 Å². The summed E-state index contributed by atoms with van der Waals surface area (Å²) in [5, 5.41) is 18.7. The Bertz CT molecular complexity index is 358. The van der Waals surface area contributed by atoms with Crippen molar-refractivity contribution in [2.45, 2.75) is 0 Å². The van der Waals surface area contributed by atoms with Gasteiger partial charge in [-0.25, -0.2) is 4.79 Å². The zero-order chi connectivity index (χ0) is 10.7. The molecule has 0 aliphatic heterocycles. The molecule has 1 aromatic carbocycles. The Balaban J connectivity index is 3.21. The van der Waals surface area contributed by atoms with Gasteiger partial charge >= 0.3 is 5.97 Å². The van der Waals surface area contributed by atoms with Crippen molar-refractivity contribution in [2.75, 3.05) is 14.2 Å². The molecule has 0 spiro atoms. The van der Waals surface area contributed by atoms with Crippen molar-refractivity contribution in [3.8, 4) is 17.2 Å². The molecule has 0 unspecified atom stereocenters. The fourth-order valence-corrected chi connectivity index (χ4v) is 0.995. The molecule has 1 aromatic rings. The summed E-state index contributed by atoms with van der Waals surface area (Å²) in [4.78, 5) is 11.1. The molecular formula is C9H10O5. The van der Waals surface area contributed by atoms with Gasteiger partial charge in [-0.3, -0.25) is 0 Å². The second kappa shape index (κ2) is 3.87. The molecule has 1 rings (SSSR count). The van der Waals surface area contributed by atoms with E-state index < -0.39 is 5.97 Å². The molecule has 0 aromatic heterocycles. The zero-order valence-electron chi connectivity index (χ0n) is 7.77. The third-order valence-electron chi connectivity index (χ3n) is 1.70. The van der Waals surface area contributed by atoms with Crippen molar-refractivity contribution < 1.29 is 24.5 Å². The van der Waals surface area contributed by atoms with Crippen LogP contribution in [0.15, 0.2) is 12.1 Å². The third kappa shape index (κ3) is 1.71. The van der Waals surface area contributed by atoms with Crippen LogP contribution in [-0.2, 0) is 4.74 Å². The molecule has 14 heavy (non-hydrogen) atoms. The van der Waals surface area contributed by atoms with Crippen LogP contribution >= 0.6 is 0 Å². The van der Waals surface area contributed by atoms with E-state index in [0.29, 0.717) is 0 Å². The Labute approximate surface area is 80.5 Å². The highest BCUT2D eigenvalue weighted by Crippen LogP contribution is 2.33. The number of ether oxygens (including phenoxy) is 2. The lowest BCUT2D eigenvalue weighted by Gasteiger charge is -2.07. The lowest BCUT2D eigenvalue weighted by Crippen LogP contribution is -2.01. The second-order valence-electron chi connectivity index (χ2n) is 2.53. The van der Waals surface area contributed by atoms with Gasteiger partial charge in [-0.05, 0) is 0 Å². The number of rotatable bonds is 2. The quantitative estimate of drug-likeness (QED) is 0.545. The standard InChI is InChI=1S/C9H10O5/c1-13-8-4-6(10)5(3-7(8)11)9(12)14-2/h3-4,10-11H,1-2H3. The molecular weight excluding hydrogens is 188 g/mol. The van der Waals surface area contributed by atoms with Crippen LogP contribution in [0.1, 0.15) is 10.4 Å². The van der Waals surface area contributed by atoms with E-state index in [0.717, 1.165) is 12.1 Å². The van der Waals surface area contributed by atoms with Gasteiger partial charge in [0.05, 0.1) is 14.2 Å². The molecule has 0 heterocycles. The number of aromatic hydroxyl groups is 2. The SMILES string of the molecule is COC(=O)c1cc(O)c(OC)cc1O. The van der Waals surface area contributed by atoms with E-state index in [4.69, 9.17) is 4.74 Å². The molecule has 0 saturated heterocycles. The normalized spacial score (nSPS) is 9.57. The first kappa shape index (κ1) is 10.2. The minimum Gasteiger partial charge on any atom is -0.507 e. The van der Waals surface area contributed by atoms with E-state index in [2.05, 4.69) is 4.74 Å². The van der Waals surface area contributed by atoms with Gasteiger partial charge < -0.3 is 19.7 Å². The Morgan fingerprint density at radius 1 is 1.21 bits per heavy atom. The van der Waals surface area contributed by atoms with Gasteiger partial charge in [-0.2, -0.15) is 0 Å². The fraction of sp³-hybridized carbons (Fsp3) is 0.222. The highest BCUT2D eigenvalue weighted by Gasteiger charge is 2.15. The number of esters is 1. The number of benzene rings is 1. The van der Waals surface area contributed by atoms with E-state index in [1.165, 1.54) is 14.2 Å². The van der Waals surface area contributed by atoms with Crippen LogP contribution in [0.3, 0.4) is 0 Å². The summed E-state index contributed by atoms with van der Waals surface area (Å²) < 4.78 is 9.13.